The summed E-state index contributed by atoms with van der Waals surface area (Å²) in [4.78, 5) is 10.5. The van der Waals surface area contributed by atoms with Gasteiger partial charge in [-0.2, -0.15) is 8.78 Å². The fourth-order valence-corrected chi connectivity index (χ4v) is 1.03. The zero-order chi connectivity index (χ0) is 10.8. The second kappa shape index (κ2) is 3.82. The van der Waals surface area contributed by atoms with Crippen molar-refractivity contribution in [3.8, 4) is 0 Å². The molecular weight excluding hydrogens is 193 g/mol. The predicted molar refractivity (Wildman–Crippen MR) is 45.7 cm³/mol. The molecule has 0 unspecified atom stereocenters. The maximum atomic E-state index is 12.9. The van der Waals surface area contributed by atoms with Crippen LogP contribution in [0.4, 0.5) is 13.2 Å². The lowest BCUT2D eigenvalue weighted by Crippen LogP contribution is -2.28. The summed E-state index contributed by atoms with van der Waals surface area (Å²) in [5.74, 6) is -5.20. The topological polar surface area (TPSA) is 17.1 Å². The van der Waals surface area contributed by atoms with Gasteiger partial charge in [-0.25, -0.2) is 4.39 Å². The van der Waals surface area contributed by atoms with Crippen molar-refractivity contribution in [2.45, 2.75) is 19.3 Å². The SMILES string of the molecule is CC(=O)C(F)(F)Cc1cccc(F)c1. The van der Waals surface area contributed by atoms with E-state index in [1.165, 1.54) is 12.1 Å². The Bertz CT molecular complexity index is 347. The van der Waals surface area contributed by atoms with Gasteiger partial charge in [0.25, 0.3) is 0 Å². The third-order valence-electron chi connectivity index (χ3n) is 1.83. The second-order valence-electron chi connectivity index (χ2n) is 3.07. The lowest BCUT2D eigenvalue weighted by Gasteiger charge is -2.12. The third kappa shape index (κ3) is 2.58. The molecule has 0 radical (unpaired) electrons. The fraction of sp³-hybridized carbons (Fsp3) is 0.300. The second-order valence-corrected chi connectivity index (χ2v) is 3.07. The fourth-order valence-electron chi connectivity index (χ4n) is 1.03. The van der Waals surface area contributed by atoms with Gasteiger partial charge in [-0.3, -0.25) is 4.79 Å². The summed E-state index contributed by atoms with van der Waals surface area (Å²) in [6, 6.07) is 4.85. The minimum atomic E-state index is -3.41. The van der Waals surface area contributed by atoms with Gasteiger partial charge in [0, 0.05) is 13.3 Å². The molecule has 0 aromatic heterocycles. The van der Waals surface area contributed by atoms with Gasteiger partial charge in [-0.15, -0.1) is 0 Å². The number of benzene rings is 1. The van der Waals surface area contributed by atoms with Crippen LogP contribution in [0, 0.1) is 5.82 Å². The number of hydrogen-bond acceptors (Lipinski definition) is 1. The van der Waals surface area contributed by atoms with Crippen molar-refractivity contribution in [1.82, 2.24) is 0 Å². The summed E-state index contributed by atoms with van der Waals surface area (Å²) in [5.41, 5.74) is 0.116. The van der Waals surface area contributed by atoms with Gasteiger partial charge in [0.05, 0.1) is 0 Å². The molecule has 1 aromatic rings. The van der Waals surface area contributed by atoms with Crippen LogP contribution in [0.25, 0.3) is 0 Å². The molecular formula is C10H9F3O. The van der Waals surface area contributed by atoms with Crippen LogP contribution >= 0.6 is 0 Å². The Labute approximate surface area is 79.5 Å². The first-order chi connectivity index (χ1) is 6.42. The summed E-state index contributed by atoms with van der Waals surface area (Å²) in [6.45, 7) is 0.819. The van der Waals surface area contributed by atoms with Crippen LogP contribution in [-0.2, 0) is 11.2 Å². The van der Waals surface area contributed by atoms with Crippen molar-refractivity contribution in [2.75, 3.05) is 0 Å². The molecule has 0 saturated carbocycles. The zero-order valence-corrected chi connectivity index (χ0v) is 7.56. The van der Waals surface area contributed by atoms with E-state index in [1.54, 1.807) is 0 Å². The van der Waals surface area contributed by atoms with Crippen LogP contribution < -0.4 is 0 Å². The maximum absolute atomic E-state index is 12.9. The minimum Gasteiger partial charge on any atom is -0.293 e. The summed E-state index contributed by atoms with van der Waals surface area (Å²) >= 11 is 0. The Morgan fingerprint density at radius 3 is 2.57 bits per heavy atom. The molecule has 0 heterocycles. The Hall–Kier alpha value is -1.32. The molecule has 1 nitrogen and oxygen atoms in total. The molecule has 0 saturated heterocycles. The van der Waals surface area contributed by atoms with E-state index in [1.807, 2.05) is 0 Å². The van der Waals surface area contributed by atoms with E-state index in [0.717, 1.165) is 19.1 Å². The molecule has 0 N–H and O–H groups in total. The number of Topliss-reactive ketones (excluding diaryl/α,β-unsaturated/α-hetero) is 1. The van der Waals surface area contributed by atoms with Crippen LogP contribution in [-0.4, -0.2) is 11.7 Å². The molecule has 0 spiro atoms. The number of alkyl halides is 2. The number of halogens is 3. The molecule has 76 valence electrons. The van der Waals surface area contributed by atoms with Gasteiger partial charge in [-0.1, -0.05) is 12.1 Å². The molecule has 1 aromatic carbocycles. The minimum absolute atomic E-state index is 0.116. The Morgan fingerprint density at radius 2 is 2.07 bits per heavy atom. The molecule has 0 aliphatic rings. The third-order valence-corrected chi connectivity index (χ3v) is 1.83. The van der Waals surface area contributed by atoms with E-state index in [2.05, 4.69) is 0 Å². The average Bonchev–Trinajstić information content (AvgIpc) is 2.02. The molecule has 4 heteroatoms. The van der Waals surface area contributed by atoms with Crippen molar-refractivity contribution < 1.29 is 18.0 Å². The molecule has 0 fully saturated rings. The quantitative estimate of drug-likeness (QED) is 0.736. The van der Waals surface area contributed by atoms with Crippen molar-refractivity contribution in [3.05, 3.63) is 35.6 Å². The normalized spacial score (nSPS) is 11.4. The van der Waals surface area contributed by atoms with Crippen LogP contribution in [0.1, 0.15) is 12.5 Å². The maximum Gasteiger partial charge on any atom is 0.308 e. The van der Waals surface area contributed by atoms with Crippen molar-refractivity contribution >= 4 is 5.78 Å². The lowest BCUT2D eigenvalue weighted by atomic mass is 10.0. The number of hydrogen-bond donors (Lipinski definition) is 0. The van der Waals surface area contributed by atoms with Gasteiger partial charge in [0.1, 0.15) is 5.82 Å². The first-order valence-corrected chi connectivity index (χ1v) is 4.05. The zero-order valence-electron chi connectivity index (χ0n) is 7.56. The molecule has 0 bridgehead atoms. The highest BCUT2D eigenvalue weighted by atomic mass is 19.3. The summed E-state index contributed by atoms with van der Waals surface area (Å²) in [7, 11) is 0. The van der Waals surface area contributed by atoms with Gasteiger partial charge < -0.3 is 0 Å². The smallest absolute Gasteiger partial charge is 0.293 e. The highest BCUT2D eigenvalue weighted by Gasteiger charge is 2.34. The Morgan fingerprint density at radius 1 is 1.43 bits per heavy atom. The molecule has 0 atom stereocenters. The average molecular weight is 202 g/mol. The Balaban J connectivity index is 2.83. The largest absolute Gasteiger partial charge is 0.308 e. The lowest BCUT2D eigenvalue weighted by molar-refractivity contribution is -0.140. The summed E-state index contributed by atoms with van der Waals surface area (Å²) in [5, 5.41) is 0. The highest BCUT2D eigenvalue weighted by molar-refractivity contribution is 5.83. The number of carbonyl (C=O) groups excluding carboxylic acids is 1. The van der Waals surface area contributed by atoms with Gasteiger partial charge >= 0.3 is 5.92 Å². The van der Waals surface area contributed by atoms with Gasteiger partial charge in [0.15, 0.2) is 5.78 Å². The monoisotopic (exact) mass is 202 g/mol. The van der Waals surface area contributed by atoms with Crippen molar-refractivity contribution in [3.63, 3.8) is 0 Å². The van der Waals surface area contributed by atoms with Gasteiger partial charge in [0.2, 0.25) is 0 Å². The first kappa shape index (κ1) is 10.8. The molecule has 0 amide bonds. The molecule has 1 rings (SSSR count). The highest BCUT2D eigenvalue weighted by Crippen LogP contribution is 2.21. The van der Waals surface area contributed by atoms with Crippen molar-refractivity contribution in [2.24, 2.45) is 0 Å². The Kier molecular flexibility index (Phi) is 2.93. The summed E-state index contributed by atoms with van der Waals surface area (Å²) < 4.78 is 38.4. The molecule has 0 aliphatic carbocycles. The van der Waals surface area contributed by atoms with Crippen LogP contribution in [0.2, 0.25) is 0 Å². The number of carbonyl (C=O) groups is 1. The van der Waals surface area contributed by atoms with Crippen LogP contribution in [0.15, 0.2) is 24.3 Å². The molecule has 0 aliphatic heterocycles. The van der Waals surface area contributed by atoms with Crippen LogP contribution in [0.5, 0.6) is 0 Å². The number of rotatable bonds is 3. The van der Waals surface area contributed by atoms with E-state index in [9.17, 15) is 18.0 Å². The standard InChI is InChI=1S/C10H9F3O/c1-7(14)10(12,13)6-8-3-2-4-9(11)5-8/h2-5H,6H2,1H3. The number of ketones is 1. The first-order valence-electron chi connectivity index (χ1n) is 4.05. The summed E-state index contributed by atoms with van der Waals surface area (Å²) in [6.07, 6.45) is -0.750. The van der Waals surface area contributed by atoms with E-state index < -0.39 is 23.9 Å². The van der Waals surface area contributed by atoms with E-state index >= 15 is 0 Å². The van der Waals surface area contributed by atoms with Gasteiger partial charge in [-0.05, 0) is 17.7 Å². The van der Waals surface area contributed by atoms with E-state index in [0.29, 0.717) is 0 Å². The van der Waals surface area contributed by atoms with E-state index in [-0.39, 0.29) is 5.56 Å². The predicted octanol–water partition coefficient (Wildman–Crippen LogP) is 2.59. The van der Waals surface area contributed by atoms with Crippen molar-refractivity contribution in [1.29, 1.82) is 0 Å². The van der Waals surface area contributed by atoms with E-state index in [4.69, 9.17) is 0 Å². The molecule has 14 heavy (non-hydrogen) atoms. The van der Waals surface area contributed by atoms with Crippen LogP contribution in [0.3, 0.4) is 0 Å².